The summed E-state index contributed by atoms with van der Waals surface area (Å²) in [4.78, 5) is 27.6. The van der Waals surface area contributed by atoms with Crippen LogP contribution in [-0.2, 0) is 4.79 Å². The lowest BCUT2D eigenvalue weighted by Gasteiger charge is -2.03. The molecule has 0 radical (unpaired) electrons. The topological polar surface area (TPSA) is 84.2 Å². The molecule has 0 unspecified atom stereocenters. The van der Waals surface area contributed by atoms with E-state index in [1.54, 1.807) is 0 Å². The largest absolute Gasteiger partial charge is 0.472 e. The molecule has 2 N–H and O–H groups in total. The summed E-state index contributed by atoms with van der Waals surface area (Å²) < 4.78 is 4.79. The summed E-state index contributed by atoms with van der Waals surface area (Å²) in [6.07, 6.45) is 2.72. The first-order valence-electron chi connectivity index (χ1n) is 6.12. The first-order chi connectivity index (χ1) is 9.56. The molecule has 2 amide bonds. The number of carbonyl (C=O) groups excluding carboxylic acids is 2. The molecule has 2 rings (SSSR count). The molecule has 20 heavy (non-hydrogen) atoms. The molecule has 0 aliphatic rings. The van der Waals surface area contributed by atoms with E-state index < -0.39 is 0 Å². The predicted molar refractivity (Wildman–Crippen MR) is 75.9 cm³/mol. The Labute approximate surface area is 120 Å². The van der Waals surface area contributed by atoms with Crippen molar-refractivity contribution in [1.29, 1.82) is 0 Å². The van der Waals surface area contributed by atoms with Crippen LogP contribution in [0.15, 0.2) is 28.4 Å². The van der Waals surface area contributed by atoms with Gasteiger partial charge in [0.1, 0.15) is 6.26 Å². The lowest BCUT2D eigenvalue weighted by atomic mass is 10.2. The standard InChI is InChI=1S/C13H15N3O3S/c1-8(2)10-7-20-13(15-10)16-11(17)5-14-12(18)9-3-4-19-6-9/h3-4,6-8H,5H2,1-2H3,(H,14,18)(H,15,16,17). The number of furan rings is 1. The minimum absolute atomic E-state index is 0.111. The summed E-state index contributed by atoms with van der Waals surface area (Å²) in [5, 5.41) is 7.59. The first-order valence-corrected chi connectivity index (χ1v) is 7.00. The molecule has 2 aromatic rings. The molecule has 0 aliphatic heterocycles. The normalized spacial score (nSPS) is 10.6. The Hall–Kier alpha value is -2.15. The Morgan fingerprint density at radius 3 is 2.85 bits per heavy atom. The van der Waals surface area contributed by atoms with E-state index in [1.165, 1.54) is 29.9 Å². The van der Waals surface area contributed by atoms with Crippen LogP contribution >= 0.6 is 11.3 Å². The fraction of sp³-hybridized carbons (Fsp3) is 0.308. The molecule has 2 aromatic heterocycles. The van der Waals surface area contributed by atoms with Crippen LogP contribution in [-0.4, -0.2) is 23.3 Å². The smallest absolute Gasteiger partial charge is 0.254 e. The monoisotopic (exact) mass is 293 g/mol. The van der Waals surface area contributed by atoms with E-state index in [9.17, 15) is 9.59 Å². The third-order valence-electron chi connectivity index (χ3n) is 2.55. The number of thiazole rings is 1. The van der Waals surface area contributed by atoms with E-state index >= 15 is 0 Å². The maximum absolute atomic E-state index is 11.7. The molecule has 0 bridgehead atoms. The molecule has 0 atom stereocenters. The number of carbonyl (C=O) groups is 2. The molecule has 2 heterocycles. The minimum Gasteiger partial charge on any atom is -0.472 e. The highest BCUT2D eigenvalue weighted by molar-refractivity contribution is 7.13. The lowest BCUT2D eigenvalue weighted by Crippen LogP contribution is -2.32. The van der Waals surface area contributed by atoms with Gasteiger partial charge in [-0.1, -0.05) is 13.8 Å². The Bertz CT molecular complexity index is 590. The zero-order valence-corrected chi connectivity index (χ0v) is 12.0. The third kappa shape index (κ3) is 3.67. The third-order valence-corrected chi connectivity index (χ3v) is 3.33. The van der Waals surface area contributed by atoms with Crippen LogP contribution in [0.4, 0.5) is 5.13 Å². The van der Waals surface area contributed by atoms with Crippen molar-refractivity contribution in [2.45, 2.75) is 19.8 Å². The van der Waals surface area contributed by atoms with E-state index in [0.717, 1.165) is 5.69 Å². The van der Waals surface area contributed by atoms with Crippen molar-refractivity contribution in [2.75, 3.05) is 11.9 Å². The van der Waals surface area contributed by atoms with Gasteiger partial charge < -0.3 is 15.1 Å². The van der Waals surface area contributed by atoms with Gasteiger partial charge in [-0.3, -0.25) is 9.59 Å². The van der Waals surface area contributed by atoms with Crippen molar-refractivity contribution in [1.82, 2.24) is 10.3 Å². The molecule has 0 aromatic carbocycles. The Balaban J connectivity index is 1.82. The van der Waals surface area contributed by atoms with Gasteiger partial charge in [0.25, 0.3) is 5.91 Å². The minimum atomic E-state index is -0.351. The zero-order valence-electron chi connectivity index (χ0n) is 11.2. The Kier molecular flexibility index (Phi) is 4.52. The number of aromatic nitrogens is 1. The molecule has 0 saturated heterocycles. The van der Waals surface area contributed by atoms with E-state index in [-0.39, 0.29) is 18.4 Å². The molecule has 0 aliphatic carbocycles. The molecule has 0 spiro atoms. The zero-order chi connectivity index (χ0) is 14.5. The van der Waals surface area contributed by atoms with Gasteiger partial charge in [-0.15, -0.1) is 11.3 Å². The van der Waals surface area contributed by atoms with Gasteiger partial charge in [-0.25, -0.2) is 4.98 Å². The number of hydrogen-bond donors (Lipinski definition) is 2. The highest BCUT2D eigenvalue weighted by Crippen LogP contribution is 2.21. The van der Waals surface area contributed by atoms with Crippen LogP contribution in [0.25, 0.3) is 0 Å². The van der Waals surface area contributed by atoms with Crippen LogP contribution < -0.4 is 10.6 Å². The van der Waals surface area contributed by atoms with Gasteiger partial charge in [0.2, 0.25) is 5.91 Å². The predicted octanol–water partition coefficient (Wildman–Crippen LogP) is 2.23. The fourth-order valence-electron chi connectivity index (χ4n) is 1.43. The molecular weight excluding hydrogens is 278 g/mol. The second kappa shape index (κ2) is 6.33. The SMILES string of the molecule is CC(C)c1csc(NC(=O)CNC(=O)c2ccoc2)n1. The van der Waals surface area contributed by atoms with Gasteiger partial charge >= 0.3 is 0 Å². The van der Waals surface area contributed by atoms with Crippen molar-refractivity contribution >= 4 is 28.3 Å². The summed E-state index contributed by atoms with van der Waals surface area (Å²) in [5.74, 6) is -0.347. The molecule has 106 valence electrons. The van der Waals surface area contributed by atoms with Crippen LogP contribution in [0.1, 0.15) is 35.8 Å². The summed E-state index contributed by atoms with van der Waals surface area (Å²) >= 11 is 1.37. The van der Waals surface area contributed by atoms with Crippen molar-refractivity contribution in [3.05, 3.63) is 35.2 Å². The van der Waals surface area contributed by atoms with Gasteiger partial charge in [0.05, 0.1) is 24.1 Å². The molecule has 0 saturated carbocycles. The number of rotatable bonds is 5. The summed E-state index contributed by atoms with van der Waals surface area (Å²) in [6, 6.07) is 1.53. The number of hydrogen-bond acceptors (Lipinski definition) is 5. The maximum atomic E-state index is 11.7. The molecular formula is C13H15N3O3S. The van der Waals surface area contributed by atoms with Crippen molar-refractivity contribution < 1.29 is 14.0 Å². The van der Waals surface area contributed by atoms with Crippen molar-refractivity contribution in [3.63, 3.8) is 0 Å². The van der Waals surface area contributed by atoms with Gasteiger partial charge in [0.15, 0.2) is 5.13 Å². The Morgan fingerprint density at radius 1 is 1.45 bits per heavy atom. The second-order valence-corrected chi connectivity index (χ2v) is 5.33. The average molecular weight is 293 g/mol. The van der Waals surface area contributed by atoms with Crippen LogP contribution in [0.5, 0.6) is 0 Å². The lowest BCUT2D eigenvalue weighted by molar-refractivity contribution is -0.115. The summed E-state index contributed by atoms with van der Waals surface area (Å²) in [5.41, 5.74) is 1.32. The second-order valence-electron chi connectivity index (χ2n) is 4.48. The van der Waals surface area contributed by atoms with Crippen molar-refractivity contribution in [3.8, 4) is 0 Å². The van der Waals surface area contributed by atoms with E-state index in [2.05, 4.69) is 15.6 Å². The molecule has 7 heteroatoms. The summed E-state index contributed by atoms with van der Waals surface area (Å²) in [6.45, 7) is 3.96. The van der Waals surface area contributed by atoms with Crippen LogP contribution in [0.2, 0.25) is 0 Å². The number of anilines is 1. The maximum Gasteiger partial charge on any atom is 0.254 e. The van der Waals surface area contributed by atoms with Crippen molar-refractivity contribution in [2.24, 2.45) is 0 Å². The van der Waals surface area contributed by atoms with E-state index in [4.69, 9.17) is 4.42 Å². The fourth-order valence-corrected chi connectivity index (χ4v) is 2.32. The van der Waals surface area contributed by atoms with Gasteiger partial charge in [-0.2, -0.15) is 0 Å². The highest BCUT2D eigenvalue weighted by Gasteiger charge is 2.11. The van der Waals surface area contributed by atoms with E-state index in [1.807, 2.05) is 19.2 Å². The van der Waals surface area contributed by atoms with E-state index in [0.29, 0.717) is 16.6 Å². The van der Waals surface area contributed by atoms with Crippen LogP contribution in [0.3, 0.4) is 0 Å². The Morgan fingerprint density at radius 2 is 2.25 bits per heavy atom. The number of nitrogens with zero attached hydrogens (tertiary/aromatic N) is 1. The van der Waals surface area contributed by atoms with Gasteiger partial charge in [0, 0.05) is 5.38 Å². The van der Waals surface area contributed by atoms with Crippen LogP contribution in [0, 0.1) is 0 Å². The quantitative estimate of drug-likeness (QED) is 0.885. The van der Waals surface area contributed by atoms with Gasteiger partial charge in [-0.05, 0) is 12.0 Å². The highest BCUT2D eigenvalue weighted by atomic mass is 32.1. The molecule has 6 nitrogen and oxygen atoms in total. The average Bonchev–Trinajstić information content (AvgIpc) is 3.06. The first kappa shape index (κ1) is 14.3. The molecule has 0 fully saturated rings. The number of amides is 2. The summed E-state index contributed by atoms with van der Waals surface area (Å²) in [7, 11) is 0. The number of nitrogens with one attached hydrogen (secondary N) is 2.